The van der Waals surface area contributed by atoms with Crippen LogP contribution in [0.15, 0.2) is 54.7 Å². The maximum absolute atomic E-state index is 15.8. The summed E-state index contributed by atoms with van der Waals surface area (Å²) in [6.45, 7) is 10.7. The first-order chi connectivity index (χ1) is 23.4. The molecule has 0 bridgehead atoms. The van der Waals surface area contributed by atoms with Gasteiger partial charge in [-0.25, -0.2) is 22.9 Å². The van der Waals surface area contributed by atoms with Gasteiger partial charge in [-0.1, -0.05) is 44.2 Å². The maximum Gasteiger partial charge on any atom is 0.410 e. The Bertz CT molecular complexity index is 1660. The number of hydrogen-bond donors (Lipinski definition) is 1. The van der Waals surface area contributed by atoms with E-state index in [1.54, 1.807) is 31.5 Å². The molecule has 1 aromatic heterocycles. The van der Waals surface area contributed by atoms with Crippen LogP contribution < -0.4 is 0 Å². The fourth-order valence-electron chi connectivity index (χ4n) is 6.30. The van der Waals surface area contributed by atoms with E-state index in [1.807, 2.05) is 44.2 Å². The van der Waals surface area contributed by atoms with Crippen molar-refractivity contribution in [1.82, 2.24) is 19.4 Å². The molecule has 2 amide bonds. The number of amides is 2. The van der Waals surface area contributed by atoms with Gasteiger partial charge in [-0.2, -0.15) is 0 Å². The van der Waals surface area contributed by atoms with Crippen molar-refractivity contribution in [1.29, 1.82) is 0 Å². The van der Waals surface area contributed by atoms with E-state index >= 15 is 8.78 Å². The van der Waals surface area contributed by atoms with Crippen LogP contribution in [0.25, 0.3) is 11.3 Å². The molecule has 50 heavy (non-hydrogen) atoms. The number of imidazole rings is 1. The zero-order valence-corrected chi connectivity index (χ0v) is 29.7. The molecule has 1 aliphatic rings. The molecule has 0 radical (unpaired) electrons. The molecule has 0 unspecified atom stereocenters. The van der Waals surface area contributed by atoms with Crippen molar-refractivity contribution in [3.8, 4) is 11.3 Å². The second kappa shape index (κ2) is 15.7. The highest BCUT2D eigenvalue weighted by atomic mass is 19.1. The van der Waals surface area contributed by atoms with Crippen LogP contribution in [0.2, 0.25) is 0 Å². The van der Waals surface area contributed by atoms with Gasteiger partial charge in [0, 0.05) is 50.8 Å². The third kappa shape index (κ3) is 9.43. The summed E-state index contributed by atoms with van der Waals surface area (Å²) in [5.41, 5.74) is -0.937. The lowest BCUT2D eigenvalue weighted by Gasteiger charge is -2.43. The van der Waals surface area contributed by atoms with E-state index in [9.17, 15) is 23.9 Å². The maximum atomic E-state index is 15.8. The first kappa shape index (κ1) is 38.4. The lowest BCUT2D eigenvalue weighted by Crippen LogP contribution is -2.50. The van der Waals surface area contributed by atoms with Crippen LogP contribution in [0.4, 0.5) is 18.0 Å². The topological polar surface area (TPSA) is 114 Å². The fourth-order valence-corrected chi connectivity index (χ4v) is 6.30. The van der Waals surface area contributed by atoms with Gasteiger partial charge in [0.25, 0.3) is 5.91 Å². The second-order valence-electron chi connectivity index (χ2n) is 14.5. The summed E-state index contributed by atoms with van der Waals surface area (Å²) >= 11 is 0. The summed E-state index contributed by atoms with van der Waals surface area (Å²) in [5, 5.41) is 10.2. The third-order valence-electron chi connectivity index (χ3n) is 8.68. The minimum Gasteiger partial charge on any atom is -0.453 e. The van der Waals surface area contributed by atoms with Crippen LogP contribution in [0.5, 0.6) is 0 Å². The molecule has 4 atom stereocenters. The first-order valence-electron chi connectivity index (χ1n) is 16.7. The van der Waals surface area contributed by atoms with Crippen LogP contribution in [-0.4, -0.2) is 86.5 Å². The van der Waals surface area contributed by atoms with Crippen molar-refractivity contribution in [2.24, 2.45) is 11.3 Å². The van der Waals surface area contributed by atoms with Crippen LogP contribution in [0.3, 0.4) is 0 Å². The van der Waals surface area contributed by atoms with Crippen molar-refractivity contribution in [2.75, 3.05) is 26.2 Å². The third-order valence-corrected chi connectivity index (χ3v) is 8.68. The molecule has 2 aromatic carbocycles. The predicted octanol–water partition coefficient (Wildman–Crippen LogP) is 6.31. The van der Waals surface area contributed by atoms with Crippen molar-refractivity contribution < 1.29 is 42.1 Å². The molecule has 1 N–H and O–H groups in total. The second-order valence-corrected chi connectivity index (χ2v) is 14.5. The molecule has 13 heteroatoms. The van der Waals surface area contributed by atoms with Crippen LogP contribution in [-0.2, 0) is 25.6 Å². The number of aliphatic hydroxyl groups is 1. The van der Waals surface area contributed by atoms with Crippen molar-refractivity contribution in [2.45, 2.75) is 85.4 Å². The van der Waals surface area contributed by atoms with E-state index < -0.39 is 64.9 Å². The summed E-state index contributed by atoms with van der Waals surface area (Å²) in [6, 6.07) is 11.3. The van der Waals surface area contributed by atoms with Gasteiger partial charge in [0.15, 0.2) is 6.10 Å². The van der Waals surface area contributed by atoms with E-state index in [2.05, 4.69) is 0 Å². The summed E-state index contributed by atoms with van der Waals surface area (Å²) in [6.07, 6.45) is -1.80. The molecule has 1 fully saturated rings. The quantitative estimate of drug-likeness (QED) is 0.220. The number of benzene rings is 2. The number of esters is 1. The Balaban J connectivity index is 1.89. The molecule has 0 saturated carbocycles. The largest absolute Gasteiger partial charge is 0.453 e. The summed E-state index contributed by atoms with van der Waals surface area (Å²) < 4.78 is 57.9. The number of ether oxygens (including phenoxy) is 2. The number of rotatable bonds is 12. The molecule has 10 nitrogen and oxygen atoms in total. The van der Waals surface area contributed by atoms with Gasteiger partial charge in [-0.05, 0) is 63.3 Å². The first-order valence-corrected chi connectivity index (χ1v) is 16.7. The zero-order valence-electron chi connectivity index (χ0n) is 29.7. The highest BCUT2D eigenvalue weighted by Crippen LogP contribution is 2.43. The standard InChI is InChI=1S/C37H47F3N4O6/c1-23(49-24(2)46)34(47)44(20-26-19-43(21-30(26)40)35(48)50-36(3,4)5)32(37(6,7)15-16-45)33-41-31(28-17-27(38)13-14-29(28)39)22-42(33)18-25-11-9-8-10-12-25/h8-14,17,22-23,26,30,32,45H,15-16,18-21H2,1-7H3/t23-,26-,30-,32-/m0/s1. The highest BCUT2D eigenvalue weighted by molar-refractivity contribution is 5.83. The van der Waals surface area contributed by atoms with E-state index in [4.69, 9.17) is 14.5 Å². The molecule has 1 saturated heterocycles. The number of alkyl halides is 1. The molecular weight excluding hydrogens is 653 g/mol. The average Bonchev–Trinajstić information content (AvgIpc) is 3.59. The van der Waals surface area contributed by atoms with Gasteiger partial charge >= 0.3 is 12.1 Å². The molecule has 2 heterocycles. The van der Waals surface area contributed by atoms with Crippen LogP contribution in [0, 0.1) is 23.0 Å². The molecule has 4 rings (SSSR count). The van der Waals surface area contributed by atoms with Crippen molar-refractivity contribution >= 4 is 18.0 Å². The summed E-state index contributed by atoms with van der Waals surface area (Å²) in [7, 11) is 0. The lowest BCUT2D eigenvalue weighted by atomic mass is 9.79. The van der Waals surface area contributed by atoms with Gasteiger partial charge in [0.1, 0.15) is 29.2 Å². The number of halogens is 3. The Morgan fingerprint density at radius 2 is 1.74 bits per heavy atom. The van der Waals surface area contributed by atoms with Gasteiger partial charge in [0.2, 0.25) is 0 Å². The van der Waals surface area contributed by atoms with Crippen LogP contribution in [0.1, 0.15) is 72.3 Å². The summed E-state index contributed by atoms with van der Waals surface area (Å²) in [4.78, 5) is 46.8. The number of carbonyl (C=O) groups is 3. The minimum atomic E-state index is -1.54. The monoisotopic (exact) mass is 700 g/mol. The Labute approximate surface area is 291 Å². The molecular formula is C37H47F3N4O6. The van der Waals surface area contributed by atoms with E-state index in [0.717, 1.165) is 23.8 Å². The van der Waals surface area contributed by atoms with E-state index in [-0.39, 0.29) is 56.3 Å². The number of hydrogen-bond acceptors (Lipinski definition) is 7. The van der Waals surface area contributed by atoms with Gasteiger partial charge in [-0.15, -0.1) is 0 Å². The Hall–Kier alpha value is -4.39. The normalized spacial score (nSPS) is 17.7. The number of aliphatic hydroxyl groups excluding tert-OH is 1. The Morgan fingerprint density at radius 1 is 1.06 bits per heavy atom. The number of nitrogens with zero attached hydrogens (tertiary/aromatic N) is 4. The van der Waals surface area contributed by atoms with Crippen LogP contribution >= 0.6 is 0 Å². The number of carbonyl (C=O) groups excluding carboxylic acids is 3. The molecule has 0 aliphatic carbocycles. The minimum absolute atomic E-state index is 0.0623. The van der Waals surface area contributed by atoms with Gasteiger partial charge < -0.3 is 28.9 Å². The van der Waals surface area contributed by atoms with E-state index in [1.165, 1.54) is 23.6 Å². The summed E-state index contributed by atoms with van der Waals surface area (Å²) in [5.74, 6) is -3.36. The predicted molar refractivity (Wildman–Crippen MR) is 180 cm³/mol. The lowest BCUT2D eigenvalue weighted by molar-refractivity contribution is -0.161. The Morgan fingerprint density at radius 3 is 2.36 bits per heavy atom. The molecule has 0 spiro atoms. The fraction of sp³-hybridized carbons (Fsp3) is 0.514. The van der Waals surface area contributed by atoms with Crippen molar-refractivity contribution in [3.05, 3.63) is 77.8 Å². The molecule has 3 aromatic rings. The smallest absolute Gasteiger partial charge is 0.410 e. The zero-order chi connectivity index (χ0) is 37.0. The molecule has 1 aliphatic heterocycles. The molecule has 272 valence electrons. The van der Waals surface area contributed by atoms with Gasteiger partial charge in [0.05, 0.1) is 18.3 Å². The SMILES string of the molecule is CC(=O)O[C@@H](C)C(=O)N(C[C@@H]1CN(C(=O)OC(C)(C)C)C[C@@H]1F)[C@@H](c1nc(-c2cc(F)ccc2F)cn1Cc1ccccc1)C(C)(C)CCO. The Kier molecular flexibility index (Phi) is 12.0. The van der Waals surface area contributed by atoms with Crippen molar-refractivity contribution in [3.63, 3.8) is 0 Å². The van der Waals surface area contributed by atoms with E-state index in [0.29, 0.717) is 0 Å². The highest BCUT2D eigenvalue weighted by Gasteiger charge is 2.46. The number of likely N-dealkylation sites (tertiary alicyclic amines) is 1. The van der Waals surface area contributed by atoms with Gasteiger partial charge in [-0.3, -0.25) is 9.59 Å². The average molecular weight is 701 g/mol. The number of aromatic nitrogens is 2.